The number of nitrogens with one attached hydrogen (secondary N) is 4. The number of anilines is 5. The lowest BCUT2D eigenvalue weighted by molar-refractivity contribution is -0.122. The summed E-state index contributed by atoms with van der Waals surface area (Å²) in [6.45, 7) is 11.8. The standard InChI is InChI=1S/C55H62N6O8S2.C3H8/c1-6-38(7-2)58-52(62)17-12-18-70-71-33(3)19-53(63)59-39-21-34(31-68-50-27-44-42(25-48(50)66-4)54(64)60-40(29-56-44)23-36-13-8-10-15-46(36)60)20-35(22-39)32-69-51-28-45-43(26-49(51)67-5)55(65)61-41(30-57-45)24-37-14-9-11-16-47(37)61;1-3-2/h8-11,13-16,20-22,25-28,33,38,40-41,56-57H,6-7,12,17-19,23-24,29-32H2,1-5H3,(H,58,62)(H,59,63);3H2,1-2H3/t33?,40-,41?;/m0./s1. The van der Waals surface area contributed by atoms with Crippen molar-refractivity contribution >= 4 is 73.7 Å². The summed E-state index contributed by atoms with van der Waals surface area (Å²) in [5.41, 5.74) is 8.58. The molecule has 2 unspecified atom stereocenters. The van der Waals surface area contributed by atoms with Gasteiger partial charge < -0.3 is 50.0 Å². The fourth-order valence-electron chi connectivity index (χ4n) is 9.90. The fourth-order valence-corrected chi connectivity index (χ4v) is 12.3. The molecule has 0 aliphatic carbocycles. The van der Waals surface area contributed by atoms with Gasteiger partial charge in [0.2, 0.25) is 11.8 Å². The zero-order valence-corrected chi connectivity index (χ0v) is 45.3. The Bertz CT molecular complexity index is 2670. The number of hydrogen-bond donors (Lipinski definition) is 4. The lowest BCUT2D eigenvalue weighted by Crippen LogP contribution is -2.39. The van der Waals surface area contributed by atoms with Gasteiger partial charge in [-0.2, -0.15) is 0 Å². The van der Waals surface area contributed by atoms with Crippen molar-refractivity contribution in [3.05, 3.63) is 124 Å². The summed E-state index contributed by atoms with van der Waals surface area (Å²) in [7, 11) is 6.43. The van der Waals surface area contributed by atoms with Gasteiger partial charge in [0.25, 0.3) is 11.8 Å². The van der Waals surface area contributed by atoms with E-state index in [2.05, 4.69) is 61.1 Å². The minimum atomic E-state index is -0.141. The highest BCUT2D eigenvalue weighted by Gasteiger charge is 2.39. The number of carbonyl (C=O) groups excluding carboxylic acids is 4. The first-order valence-electron chi connectivity index (χ1n) is 26.0. The highest BCUT2D eigenvalue weighted by atomic mass is 33.1. The van der Waals surface area contributed by atoms with E-state index in [1.54, 1.807) is 47.9 Å². The van der Waals surface area contributed by atoms with E-state index >= 15 is 0 Å². The Morgan fingerprint density at radius 3 is 1.68 bits per heavy atom. The molecular weight excluding hydrogens is 973 g/mol. The van der Waals surface area contributed by atoms with Crippen molar-refractivity contribution < 1.29 is 38.1 Å². The number of para-hydroxylation sites is 2. The van der Waals surface area contributed by atoms with Crippen LogP contribution in [-0.4, -0.2) is 80.1 Å². The van der Waals surface area contributed by atoms with E-state index in [9.17, 15) is 19.2 Å². The van der Waals surface area contributed by atoms with E-state index in [1.807, 2.05) is 83.5 Å². The maximum absolute atomic E-state index is 14.1. The molecular formula is C58H70N6O8S2. The molecule has 0 radical (unpaired) electrons. The van der Waals surface area contributed by atoms with Gasteiger partial charge in [0.1, 0.15) is 13.2 Å². The van der Waals surface area contributed by atoms with Crippen LogP contribution in [-0.2, 0) is 35.6 Å². The normalized spacial score (nSPS) is 16.3. The van der Waals surface area contributed by atoms with Gasteiger partial charge in [-0.05, 0) is 96.8 Å². The van der Waals surface area contributed by atoms with Gasteiger partial charge in [-0.25, -0.2) is 0 Å². The Hall–Kier alpha value is -6.52. The fraction of sp³-hybridized carbons (Fsp3) is 0.414. The summed E-state index contributed by atoms with van der Waals surface area (Å²) in [4.78, 5) is 57.9. The highest BCUT2D eigenvalue weighted by Crippen LogP contribution is 2.43. The molecule has 4 amide bonds. The van der Waals surface area contributed by atoms with E-state index in [1.165, 1.54) is 6.42 Å². The Morgan fingerprint density at radius 1 is 0.689 bits per heavy atom. The van der Waals surface area contributed by atoms with Crippen LogP contribution < -0.4 is 50.0 Å². The van der Waals surface area contributed by atoms with Crippen molar-refractivity contribution in [3.8, 4) is 23.0 Å². The van der Waals surface area contributed by atoms with Crippen LogP contribution in [0.25, 0.3) is 0 Å². The third kappa shape index (κ3) is 12.5. The Kier molecular flexibility index (Phi) is 18.3. The van der Waals surface area contributed by atoms with Crippen LogP contribution in [0.1, 0.15) is 116 Å². The molecule has 14 nitrogen and oxygen atoms in total. The molecule has 5 aromatic rings. The van der Waals surface area contributed by atoms with Gasteiger partial charge in [0.15, 0.2) is 23.0 Å². The monoisotopic (exact) mass is 1040 g/mol. The van der Waals surface area contributed by atoms with Gasteiger partial charge >= 0.3 is 0 Å². The van der Waals surface area contributed by atoms with E-state index < -0.39 is 0 Å². The summed E-state index contributed by atoms with van der Waals surface area (Å²) >= 11 is 0. The van der Waals surface area contributed by atoms with E-state index in [0.717, 1.165) is 71.5 Å². The van der Waals surface area contributed by atoms with Gasteiger partial charge in [0, 0.05) is 72.2 Å². The Balaban J connectivity index is 0.00000237. The summed E-state index contributed by atoms with van der Waals surface area (Å²) in [6, 6.07) is 29.1. The van der Waals surface area contributed by atoms with Gasteiger partial charge in [-0.3, -0.25) is 19.2 Å². The molecule has 4 aliphatic rings. The molecule has 5 aromatic carbocycles. The number of carbonyl (C=O) groups is 4. The van der Waals surface area contributed by atoms with E-state index in [0.29, 0.717) is 70.7 Å². The zero-order valence-electron chi connectivity index (χ0n) is 43.6. The van der Waals surface area contributed by atoms with E-state index in [-0.39, 0.29) is 66.6 Å². The molecule has 74 heavy (non-hydrogen) atoms. The van der Waals surface area contributed by atoms with Gasteiger partial charge in [-0.15, -0.1) is 0 Å². The average molecular weight is 1040 g/mol. The van der Waals surface area contributed by atoms with Gasteiger partial charge in [0.05, 0.1) is 48.8 Å². The number of nitrogens with zero attached hydrogens (tertiary/aromatic N) is 2. The summed E-state index contributed by atoms with van der Waals surface area (Å²) in [6.07, 6.45) is 6.16. The number of rotatable bonds is 20. The molecule has 4 aliphatic heterocycles. The molecule has 0 saturated heterocycles. The second kappa shape index (κ2) is 25.1. The Morgan fingerprint density at radius 2 is 1.19 bits per heavy atom. The number of methoxy groups -OCH3 is 2. The molecule has 0 fully saturated rings. The van der Waals surface area contributed by atoms with E-state index in [4.69, 9.17) is 18.9 Å². The third-order valence-electron chi connectivity index (χ3n) is 13.5. The second-order valence-electron chi connectivity index (χ2n) is 19.2. The molecule has 16 heteroatoms. The molecule has 4 N–H and O–H groups in total. The van der Waals surface area contributed by atoms with Gasteiger partial charge in [-0.1, -0.05) is 99.0 Å². The molecule has 3 atom stereocenters. The average Bonchev–Trinajstić information content (AvgIpc) is 3.89. The van der Waals surface area contributed by atoms with Crippen molar-refractivity contribution in [1.29, 1.82) is 0 Å². The minimum absolute atomic E-state index is 0.0206. The van der Waals surface area contributed by atoms with Crippen molar-refractivity contribution in [2.45, 2.75) is 123 Å². The first-order valence-corrected chi connectivity index (χ1v) is 28.3. The van der Waals surface area contributed by atoms with Crippen LogP contribution in [0.3, 0.4) is 0 Å². The maximum atomic E-state index is 14.1. The van der Waals surface area contributed by atoms with Crippen molar-refractivity contribution in [2.75, 3.05) is 58.8 Å². The lowest BCUT2D eigenvalue weighted by atomic mass is 10.1. The van der Waals surface area contributed by atoms with Crippen LogP contribution in [0.4, 0.5) is 28.4 Å². The SMILES string of the molecule is CCC.CCC(CC)NC(=O)CCCSSC(C)CC(=O)Nc1cc(COc2cc3c(cc2OC)C(=O)N2c4ccccc4CC2CN3)cc(COc2cc3c(cc2OC)C(=O)N2c4ccccc4C[C@H]2CN3)c1. The lowest BCUT2D eigenvalue weighted by Gasteiger charge is -2.23. The Labute approximate surface area is 443 Å². The van der Waals surface area contributed by atoms with Crippen molar-refractivity contribution in [2.24, 2.45) is 0 Å². The first kappa shape index (κ1) is 53.8. The predicted octanol–water partition coefficient (Wildman–Crippen LogP) is 11.5. The zero-order chi connectivity index (χ0) is 52.3. The number of fused-ring (bicyclic) bond motifs is 8. The topological polar surface area (TPSA) is 160 Å². The molecule has 0 bridgehead atoms. The maximum Gasteiger partial charge on any atom is 0.260 e. The second-order valence-corrected chi connectivity index (χ2v) is 22.1. The largest absolute Gasteiger partial charge is 0.493 e. The summed E-state index contributed by atoms with van der Waals surface area (Å²) in [5.74, 6) is 2.30. The summed E-state index contributed by atoms with van der Waals surface area (Å²) in [5, 5.41) is 13.2. The molecule has 0 spiro atoms. The molecule has 9 rings (SSSR count). The smallest absolute Gasteiger partial charge is 0.260 e. The molecule has 0 saturated carbocycles. The quantitative estimate of drug-likeness (QED) is 0.0432. The van der Waals surface area contributed by atoms with Crippen LogP contribution in [0.15, 0.2) is 91.0 Å². The number of ether oxygens (including phenoxy) is 4. The predicted molar refractivity (Wildman–Crippen MR) is 300 cm³/mol. The first-order chi connectivity index (χ1) is 35.9. The van der Waals surface area contributed by atoms with Crippen LogP contribution in [0.5, 0.6) is 23.0 Å². The van der Waals surface area contributed by atoms with Crippen LogP contribution >= 0.6 is 21.6 Å². The van der Waals surface area contributed by atoms with Crippen molar-refractivity contribution in [1.82, 2.24) is 5.32 Å². The molecule has 4 heterocycles. The highest BCUT2D eigenvalue weighted by molar-refractivity contribution is 8.76. The number of benzene rings is 5. The van der Waals surface area contributed by atoms with Crippen LogP contribution in [0.2, 0.25) is 0 Å². The number of hydrogen-bond acceptors (Lipinski definition) is 12. The van der Waals surface area contributed by atoms with Crippen molar-refractivity contribution in [3.63, 3.8) is 0 Å². The molecule has 392 valence electrons. The summed E-state index contributed by atoms with van der Waals surface area (Å²) < 4.78 is 24.6. The number of amides is 4. The minimum Gasteiger partial charge on any atom is -0.493 e. The third-order valence-corrected chi connectivity index (χ3v) is 16.5. The van der Waals surface area contributed by atoms with Crippen LogP contribution in [0, 0.1) is 0 Å². The molecule has 0 aromatic heterocycles.